The predicted molar refractivity (Wildman–Crippen MR) is 123 cm³/mol. The molecular formula is C21H34Cl3N3O2. The standard InChI is InChI=1S/C21H32ClN3O2.2ClH/c22-18-7-3-2-6-17(18)19(25-10-12-27-13-11-25)15-24-20(26)14-21(16-23)8-4-1-5-9-21;;/h2-3,6-7,19H,1,4-5,8-16,23H2,(H,24,26);2*1H. The summed E-state index contributed by atoms with van der Waals surface area (Å²) in [6.07, 6.45) is 6.28. The van der Waals surface area contributed by atoms with Crippen LogP contribution in [0, 0.1) is 5.41 Å². The van der Waals surface area contributed by atoms with E-state index < -0.39 is 0 Å². The van der Waals surface area contributed by atoms with E-state index in [0.717, 1.165) is 36.5 Å². The third-order valence-electron chi connectivity index (χ3n) is 6.13. The molecule has 3 N–H and O–H groups in total. The third-order valence-corrected chi connectivity index (χ3v) is 6.47. The second-order valence-electron chi connectivity index (χ2n) is 7.93. The van der Waals surface area contributed by atoms with E-state index in [4.69, 9.17) is 22.1 Å². The van der Waals surface area contributed by atoms with Crippen LogP contribution in [0.15, 0.2) is 24.3 Å². The molecule has 1 saturated heterocycles. The van der Waals surface area contributed by atoms with E-state index in [2.05, 4.69) is 16.3 Å². The molecule has 2 fully saturated rings. The molecule has 1 atom stereocenters. The van der Waals surface area contributed by atoms with Crippen molar-refractivity contribution in [1.29, 1.82) is 0 Å². The van der Waals surface area contributed by atoms with Gasteiger partial charge in [-0.25, -0.2) is 0 Å². The minimum absolute atomic E-state index is 0. The van der Waals surface area contributed by atoms with E-state index in [-0.39, 0.29) is 42.2 Å². The molecule has 29 heavy (non-hydrogen) atoms. The van der Waals surface area contributed by atoms with Gasteiger partial charge in [0.2, 0.25) is 5.91 Å². The first-order valence-electron chi connectivity index (χ1n) is 10.2. The summed E-state index contributed by atoms with van der Waals surface area (Å²) in [6, 6.07) is 7.97. The summed E-state index contributed by atoms with van der Waals surface area (Å²) in [4.78, 5) is 15.1. The number of morpholine rings is 1. The van der Waals surface area contributed by atoms with Crippen LogP contribution in [0.4, 0.5) is 0 Å². The molecule has 5 nitrogen and oxygen atoms in total. The number of carbonyl (C=O) groups excluding carboxylic acids is 1. The SMILES string of the molecule is Cl.Cl.NCC1(CC(=O)NCC(c2ccccc2Cl)N2CCOCC2)CCCCC1. The van der Waals surface area contributed by atoms with Crippen molar-refractivity contribution in [1.82, 2.24) is 10.2 Å². The van der Waals surface area contributed by atoms with Crippen molar-refractivity contribution in [2.75, 3.05) is 39.4 Å². The molecule has 1 aromatic rings. The molecule has 1 unspecified atom stereocenters. The number of nitrogens with zero attached hydrogens (tertiary/aromatic N) is 1. The molecule has 1 amide bonds. The van der Waals surface area contributed by atoms with E-state index in [9.17, 15) is 4.79 Å². The lowest BCUT2D eigenvalue weighted by Gasteiger charge is -2.37. The van der Waals surface area contributed by atoms with Gasteiger partial charge in [0.15, 0.2) is 0 Å². The van der Waals surface area contributed by atoms with Gasteiger partial charge in [-0.3, -0.25) is 9.69 Å². The maximum Gasteiger partial charge on any atom is 0.220 e. The van der Waals surface area contributed by atoms with Gasteiger partial charge in [-0.2, -0.15) is 0 Å². The molecule has 8 heteroatoms. The number of halogens is 3. The Morgan fingerprint density at radius 1 is 1.17 bits per heavy atom. The molecule has 1 aliphatic carbocycles. The van der Waals surface area contributed by atoms with Crippen LogP contribution in [0.1, 0.15) is 50.1 Å². The lowest BCUT2D eigenvalue weighted by molar-refractivity contribution is -0.124. The number of rotatable bonds is 7. The van der Waals surface area contributed by atoms with Crippen LogP contribution < -0.4 is 11.1 Å². The van der Waals surface area contributed by atoms with Crippen LogP contribution in [-0.2, 0) is 9.53 Å². The lowest BCUT2D eigenvalue weighted by atomic mass is 9.71. The first kappa shape index (κ1) is 26.5. The molecule has 2 aliphatic rings. The molecule has 1 aromatic carbocycles. The van der Waals surface area contributed by atoms with Gasteiger partial charge in [-0.05, 0) is 36.4 Å². The smallest absolute Gasteiger partial charge is 0.220 e. The Morgan fingerprint density at radius 2 is 1.83 bits per heavy atom. The van der Waals surface area contributed by atoms with Crippen molar-refractivity contribution < 1.29 is 9.53 Å². The molecule has 0 spiro atoms. The molecule has 1 aliphatic heterocycles. The fraction of sp³-hybridized carbons (Fsp3) is 0.667. The number of nitrogens with two attached hydrogens (primary N) is 1. The van der Waals surface area contributed by atoms with Crippen LogP contribution in [0.25, 0.3) is 0 Å². The van der Waals surface area contributed by atoms with Crippen molar-refractivity contribution in [2.24, 2.45) is 11.1 Å². The maximum absolute atomic E-state index is 12.7. The highest BCUT2D eigenvalue weighted by molar-refractivity contribution is 6.31. The first-order chi connectivity index (χ1) is 13.1. The van der Waals surface area contributed by atoms with Gasteiger partial charge in [0.1, 0.15) is 0 Å². The first-order valence-corrected chi connectivity index (χ1v) is 10.5. The van der Waals surface area contributed by atoms with Gasteiger partial charge < -0.3 is 15.8 Å². The molecule has 0 aromatic heterocycles. The Labute approximate surface area is 191 Å². The molecular weight excluding hydrogens is 433 g/mol. The highest BCUT2D eigenvalue weighted by atomic mass is 35.5. The van der Waals surface area contributed by atoms with Gasteiger partial charge in [0, 0.05) is 31.1 Å². The maximum atomic E-state index is 12.7. The number of ether oxygens (including phenoxy) is 1. The van der Waals surface area contributed by atoms with E-state index in [0.29, 0.717) is 32.7 Å². The average molecular weight is 467 g/mol. The molecule has 166 valence electrons. The summed E-state index contributed by atoms with van der Waals surface area (Å²) in [6.45, 7) is 4.27. The van der Waals surface area contributed by atoms with Crippen LogP contribution in [0.3, 0.4) is 0 Å². The highest BCUT2D eigenvalue weighted by Crippen LogP contribution is 2.38. The largest absolute Gasteiger partial charge is 0.379 e. The zero-order valence-corrected chi connectivity index (χ0v) is 19.3. The van der Waals surface area contributed by atoms with E-state index in [1.165, 1.54) is 19.3 Å². The predicted octanol–water partition coefficient (Wildman–Crippen LogP) is 3.97. The highest BCUT2D eigenvalue weighted by Gasteiger charge is 2.33. The third kappa shape index (κ3) is 7.27. The normalized spacial score (nSPS) is 20.1. The minimum Gasteiger partial charge on any atom is -0.379 e. The molecule has 1 heterocycles. The number of hydrogen-bond acceptors (Lipinski definition) is 4. The van der Waals surface area contributed by atoms with Crippen molar-refractivity contribution in [3.05, 3.63) is 34.9 Å². The summed E-state index contributed by atoms with van der Waals surface area (Å²) in [5.74, 6) is 0.104. The summed E-state index contributed by atoms with van der Waals surface area (Å²) < 4.78 is 5.49. The molecule has 3 rings (SSSR count). The Balaban J connectivity index is 0.00000210. The molecule has 0 radical (unpaired) electrons. The van der Waals surface area contributed by atoms with Crippen molar-refractivity contribution >= 4 is 42.3 Å². The number of amides is 1. The number of hydrogen-bond donors (Lipinski definition) is 2. The van der Waals surface area contributed by atoms with Crippen LogP contribution in [0.5, 0.6) is 0 Å². The van der Waals surface area contributed by atoms with E-state index in [1.807, 2.05) is 18.2 Å². The monoisotopic (exact) mass is 465 g/mol. The lowest BCUT2D eigenvalue weighted by Crippen LogP contribution is -2.45. The summed E-state index contributed by atoms with van der Waals surface area (Å²) in [7, 11) is 0. The summed E-state index contributed by atoms with van der Waals surface area (Å²) >= 11 is 6.47. The summed E-state index contributed by atoms with van der Waals surface area (Å²) in [5.41, 5.74) is 7.10. The van der Waals surface area contributed by atoms with E-state index in [1.54, 1.807) is 0 Å². The fourth-order valence-electron chi connectivity index (χ4n) is 4.44. The van der Waals surface area contributed by atoms with Crippen LogP contribution in [-0.4, -0.2) is 50.2 Å². The summed E-state index contributed by atoms with van der Waals surface area (Å²) in [5, 5.41) is 3.92. The zero-order valence-electron chi connectivity index (χ0n) is 16.9. The quantitative estimate of drug-likeness (QED) is 0.638. The molecule has 1 saturated carbocycles. The topological polar surface area (TPSA) is 67.6 Å². The van der Waals surface area contributed by atoms with Gasteiger partial charge in [-0.1, -0.05) is 49.1 Å². The minimum atomic E-state index is -0.0127. The Morgan fingerprint density at radius 3 is 2.45 bits per heavy atom. The van der Waals surface area contributed by atoms with Gasteiger partial charge in [0.25, 0.3) is 0 Å². The van der Waals surface area contributed by atoms with Crippen LogP contribution >= 0.6 is 36.4 Å². The second kappa shape index (κ2) is 13.0. The Kier molecular flexibility index (Phi) is 11.9. The van der Waals surface area contributed by atoms with Gasteiger partial charge in [-0.15, -0.1) is 24.8 Å². The van der Waals surface area contributed by atoms with Crippen molar-refractivity contribution in [3.63, 3.8) is 0 Å². The molecule has 0 bridgehead atoms. The fourth-order valence-corrected chi connectivity index (χ4v) is 4.70. The van der Waals surface area contributed by atoms with E-state index >= 15 is 0 Å². The van der Waals surface area contributed by atoms with Crippen molar-refractivity contribution in [3.8, 4) is 0 Å². The second-order valence-corrected chi connectivity index (χ2v) is 8.34. The zero-order chi connectivity index (χ0) is 19.1. The van der Waals surface area contributed by atoms with Crippen LogP contribution in [0.2, 0.25) is 5.02 Å². The van der Waals surface area contributed by atoms with Gasteiger partial charge in [0.05, 0.1) is 19.3 Å². The number of benzene rings is 1. The average Bonchev–Trinajstić information content (AvgIpc) is 2.71. The Hall–Kier alpha value is -0.560. The van der Waals surface area contributed by atoms with Gasteiger partial charge >= 0.3 is 0 Å². The number of carbonyl (C=O) groups is 1. The van der Waals surface area contributed by atoms with Crippen molar-refractivity contribution in [2.45, 2.75) is 44.6 Å². The number of nitrogens with one attached hydrogen (secondary N) is 1. The Bertz CT molecular complexity index is 621.